The topological polar surface area (TPSA) is 58.6 Å². The predicted molar refractivity (Wildman–Crippen MR) is 70.5 cm³/mol. The standard InChI is InChI=1S/C13H16ClNO3/c1-8(12-3-2-6-18-12)15-11-7-9(14)4-5-10(11)13(16)17/h4-5,7-8,12,15H,2-3,6H2,1H3,(H,16,17). The van der Waals surface area contributed by atoms with Crippen LogP contribution in [0.25, 0.3) is 0 Å². The summed E-state index contributed by atoms with van der Waals surface area (Å²) in [5.41, 5.74) is 0.766. The summed E-state index contributed by atoms with van der Waals surface area (Å²) in [7, 11) is 0. The smallest absolute Gasteiger partial charge is 0.337 e. The highest BCUT2D eigenvalue weighted by atomic mass is 35.5. The highest BCUT2D eigenvalue weighted by Gasteiger charge is 2.23. The molecule has 2 N–H and O–H groups in total. The first-order valence-electron chi connectivity index (χ1n) is 5.99. The Balaban J connectivity index is 2.16. The van der Waals surface area contributed by atoms with Gasteiger partial charge in [-0.15, -0.1) is 0 Å². The Morgan fingerprint density at radius 1 is 1.61 bits per heavy atom. The van der Waals surface area contributed by atoms with Crippen LogP contribution in [0, 0.1) is 0 Å². The fraction of sp³-hybridized carbons (Fsp3) is 0.462. The fourth-order valence-electron chi connectivity index (χ4n) is 2.16. The zero-order valence-corrected chi connectivity index (χ0v) is 10.9. The van der Waals surface area contributed by atoms with Crippen LogP contribution in [0.2, 0.25) is 5.02 Å². The van der Waals surface area contributed by atoms with Crippen molar-refractivity contribution in [2.45, 2.75) is 31.9 Å². The second-order valence-electron chi connectivity index (χ2n) is 4.48. The van der Waals surface area contributed by atoms with Crippen LogP contribution in [-0.2, 0) is 4.74 Å². The molecule has 1 fully saturated rings. The van der Waals surface area contributed by atoms with Gasteiger partial charge in [0.05, 0.1) is 17.4 Å². The molecule has 2 unspecified atom stereocenters. The number of carbonyl (C=O) groups is 1. The molecule has 4 nitrogen and oxygen atoms in total. The van der Waals surface area contributed by atoms with Gasteiger partial charge >= 0.3 is 5.97 Å². The Kier molecular flexibility index (Phi) is 4.09. The van der Waals surface area contributed by atoms with Crippen molar-refractivity contribution >= 4 is 23.3 Å². The molecule has 1 saturated heterocycles. The molecule has 0 aliphatic carbocycles. The van der Waals surface area contributed by atoms with Gasteiger partial charge in [-0.2, -0.15) is 0 Å². The molecule has 0 amide bonds. The van der Waals surface area contributed by atoms with E-state index in [1.54, 1.807) is 12.1 Å². The zero-order valence-electron chi connectivity index (χ0n) is 10.1. The van der Waals surface area contributed by atoms with Gasteiger partial charge in [0.25, 0.3) is 0 Å². The Labute approximate surface area is 111 Å². The quantitative estimate of drug-likeness (QED) is 0.882. The number of nitrogens with one attached hydrogen (secondary N) is 1. The van der Waals surface area contributed by atoms with Crippen molar-refractivity contribution in [3.8, 4) is 0 Å². The van der Waals surface area contributed by atoms with Gasteiger partial charge in [0.1, 0.15) is 0 Å². The van der Waals surface area contributed by atoms with E-state index in [0.29, 0.717) is 10.7 Å². The maximum atomic E-state index is 11.1. The van der Waals surface area contributed by atoms with Crippen LogP contribution in [0.15, 0.2) is 18.2 Å². The summed E-state index contributed by atoms with van der Waals surface area (Å²) in [6, 6.07) is 4.78. The van der Waals surface area contributed by atoms with E-state index in [0.717, 1.165) is 19.4 Å². The molecule has 2 rings (SSSR count). The third-order valence-corrected chi connectivity index (χ3v) is 3.35. The molecule has 1 aliphatic heterocycles. The number of carboxylic acid groups (broad SMARTS) is 1. The van der Waals surface area contributed by atoms with Crippen molar-refractivity contribution < 1.29 is 14.6 Å². The largest absolute Gasteiger partial charge is 0.478 e. The van der Waals surface area contributed by atoms with Crippen molar-refractivity contribution in [3.05, 3.63) is 28.8 Å². The maximum absolute atomic E-state index is 11.1. The summed E-state index contributed by atoms with van der Waals surface area (Å²) >= 11 is 5.90. The number of carboxylic acids is 1. The molecule has 0 saturated carbocycles. The predicted octanol–water partition coefficient (Wildman–Crippen LogP) is 3.02. The molecule has 0 radical (unpaired) electrons. The summed E-state index contributed by atoms with van der Waals surface area (Å²) in [4.78, 5) is 11.1. The first-order chi connectivity index (χ1) is 8.58. The number of ether oxygens (including phenoxy) is 1. The van der Waals surface area contributed by atoms with Gasteiger partial charge in [0.15, 0.2) is 0 Å². The van der Waals surface area contributed by atoms with Gasteiger partial charge in [-0.3, -0.25) is 0 Å². The molecule has 98 valence electrons. The molecule has 18 heavy (non-hydrogen) atoms. The Morgan fingerprint density at radius 3 is 3.00 bits per heavy atom. The van der Waals surface area contributed by atoms with Crippen molar-refractivity contribution in [2.75, 3.05) is 11.9 Å². The van der Waals surface area contributed by atoms with Crippen LogP contribution in [0.4, 0.5) is 5.69 Å². The maximum Gasteiger partial charge on any atom is 0.337 e. The van der Waals surface area contributed by atoms with E-state index in [1.807, 2.05) is 6.92 Å². The number of halogens is 1. The van der Waals surface area contributed by atoms with Gasteiger partial charge < -0.3 is 15.2 Å². The molecule has 0 bridgehead atoms. The first-order valence-corrected chi connectivity index (χ1v) is 6.36. The lowest BCUT2D eigenvalue weighted by molar-refractivity contribution is 0.0697. The fourth-order valence-corrected chi connectivity index (χ4v) is 2.33. The van der Waals surface area contributed by atoms with Crippen LogP contribution < -0.4 is 5.32 Å². The van der Waals surface area contributed by atoms with Gasteiger partial charge in [-0.1, -0.05) is 11.6 Å². The number of rotatable bonds is 4. The lowest BCUT2D eigenvalue weighted by atomic mass is 10.1. The van der Waals surface area contributed by atoms with E-state index in [4.69, 9.17) is 21.4 Å². The third kappa shape index (κ3) is 2.94. The van der Waals surface area contributed by atoms with E-state index in [1.165, 1.54) is 6.07 Å². The van der Waals surface area contributed by atoms with E-state index in [2.05, 4.69) is 5.32 Å². The molecule has 1 aliphatic rings. The molecular weight excluding hydrogens is 254 g/mol. The van der Waals surface area contributed by atoms with E-state index in [9.17, 15) is 4.79 Å². The van der Waals surface area contributed by atoms with E-state index in [-0.39, 0.29) is 17.7 Å². The average Bonchev–Trinajstić information content (AvgIpc) is 2.81. The summed E-state index contributed by atoms with van der Waals surface area (Å²) in [6.07, 6.45) is 2.18. The monoisotopic (exact) mass is 269 g/mol. The summed E-state index contributed by atoms with van der Waals surface area (Å²) in [5, 5.41) is 12.8. The number of anilines is 1. The highest BCUT2D eigenvalue weighted by molar-refractivity contribution is 6.31. The van der Waals surface area contributed by atoms with E-state index >= 15 is 0 Å². The normalized spacial score (nSPS) is 20.7. The molecule has 1 aromatic carbocycles. The molecule has 2 atom stereocenters. The third-order valence-electron chi connectivity index (χ3n) is 3.12. The minimum atomic E-state index is -0.964. The number of benzene rings is 1. The van der Waals surface area contributed by atoms with Gasteiger partial charge in [0.2, 0.25) is 0 Å². The Hall–Kier alpha value is -1.26. The highest BCUT2D eigenvalue weighted by Crippen LogP contribution is 2.24. The minimum absolute atomic E-state index is 0.0593. The van der Waals surface area contributed by atoms with Crippen LogP contribution in [0.3, 0.4) is 0 Å². The summed E-state index contributed by atoms with van der Waals surface area (Å²) in [6.45, 7) is 2.76. The number of hydrogen-bond donors (Lipinski definition) is 2. The molecule has 0 spiro atoms. The number of hydrogen-bond acceptors (Lipinski definition) is 3. The van der Waals surface area contributed by atoms with Crippen molar-refractivity contribution in [1.82, 2.24) is 0 Å². The lowest BCUT2D eigenvalue weighted by Gasteiger charge is -2.22. The average molecular weight is 270 g/mol. The van der Waals surface area contributed by atoms with Gasteiger partial charge in [-0.25, -0.2) is 4.79 Å². The van der Waals surface area contributed by atoms with Crippen molar-refractivity contribution in [2.24, 2.45) is 0 Å². The Morgan fingerprint density at radius 2 is 2.39 bits per heavy atom. The Bertz CT molecular complexity index is 444. The molecule has 1 aromatic rings. The first kappa shape index (κ1) is 13.2. The lowest BCUT2D eigenvalue weighted by Crippen LogP contribution is -2.30. The summed E-state index contributed by atoms with van der Waals surface area (Å²) in [5.74, 6) is -0.964. The zero-order chi connectivity index (χ0) is 13.1. The van der Waals surface area contributed by atoms with Crippen LogP contribution in [0.5, 0.6) is 0 Å². The SMILES string of the molecule is CC(Nc1cc(Cl)ccc1C(=O)O)C1CCCO1. The molecule has 0 aromatic heterocycles. The van der Waals surface area contributed by atoms with Crippen LogP contribution in [-0.4, -0.2) is 29.8 Å². The summed E-state index contributed by atoms with van der Waals surface area (Å²) < 4.78 is 5.57. The van der Waals surface area contributed by atoms with Crippen LogP contribution >= 0.6 is 11.6 Å². The van der Waals surface area contributed by atoms with Gasteiger partial charge in [-0.05, 0) is 38.0 Å². The van der Waals surface area contributed by atoms with Gasteiger partial charge in [0, 0.05) is 17.7 Å². The second-order valence-corrected chi connectivity index (χ2v) is 4.92. The van der Waals surface area contributed by atoms with Crippen molar-refractivity contribution in [3.63, 3.8) is 0 Å². The second kappa shape index (κ2) is 5.59. The van der Waals surface area contributed by atoms with E-state index < -0.39 is 5.97 Å². The molecule has 1 heterocycles. The minimum Gasteiger partial charge on any atom is -0.478 e. The number of aromatic carboxylic acids is 1. The molecule has 5 heteroatoms. The molecular formula is C13H16ClNO3. The van der Waals surface area contributed by atoms with Crippen LogP contribution in [0.1, 0.15) is 30.1 Å². The van der Waals surface area contributed by atoms with Crippen molar-refractivity contribution in [1.29, 1.82) is 0 Å².